The van der Waals surface area contributed by atoms with Gasteiger partial charge in [-0.25, -0.2) is 15.0 Å². The topological polar surface area (TPSA) is 97.2 Å². The van der Waals surface area contributed by atoms with Gasteiger partial charge >= 0.3 is 0 Å². The maximum Gasteiger partial charge on any atom is 0.297 e. The van der Waals surface area contributed by atoms with Crippen LogP contribution >= 0.6 is 0 Å². The fraction of sp³-hybridized carbons (Fsp3) is 0.391. The number of nitrogens with zero attached hydrogens (tertiary/aromatic N) is 5. The third-order valence-electron chi connectivity index (χ3n) is 6.14. The highest BCUT2D eigenvalue weighted by Gasteiger charge is 2.25. The third-order valence-corrected chi connectivity index (χ3v) is 6.14. The summed E-state index contributed by atoms with van der Waals surface area (Å²) in [6.45, 7) is 2.19. The van der Waals surface area contributed by atoms with Crippen molar-refractivity contribution in [2.45, 2.75) is 37.8 Å². The van der Waals surface area contributed by atoms with Crippen LogP contribution in [0.5, 0.6) is 5.75 Å². The molecule has 0 bridgehead atoms. The number of anilines is 3. The Morgan fingerprint density at radius 2 is 1.72 bits per heavy atom. The van der Waals surface area contributed by atoms with Crippen molar-refractivity contribution in [1.29, 1.82) is 0 Å². The monoisotopic (exact) mass is 433 g/mol. The minimum atomic E-state index is -0.206. The molecule has 2 N–H and O–H groups in total. The number of nitrogens with one attached hydrogen (secondary N) is 2. The molecule has 3 aromatic heterocycles. The summed E-state index contributed by atoms with van der Waals surface area (Å²) in [6, 6.07) is 7.87. The zero-order valence-corrected chi connectivity index (χ0v) is 18.1. The van der Waals surface area contributed by atoms with Crippen molar-refractivity contribution < 1.29 is 4.74 Å². The summed E-state index contributed by atoms with van der Waals surface area (Å²) in [5.74, 6) is 1.79. The van der Waals surface area contributed by atoms with Crippen LogP contribution in [0.4, 0.5) is 17.5 Å². The average Bonchev–Trinajstić information content (AvgIpc) is 3.21. The minimum Gasteiger partial charge on any atom is -0.491 e. The highest BCUT2D eigenvalue weighted by atomic mass is 16.5. The lowest BCUT2D eigenvalue weighted by Crippen LogP contribution is -2.37. The van der Waals surface area contributed by atoms with Gasteiger partial charge in [-0.05, 0) is 49.9 Å². The molecule has 2 aliphatic rings. The lowest BCUT2D eigenvalue weighted by atomic mass is 10.2. The van der Waals surface area contributed by atoms with Gasteiger partial charge in [0, 0.05) is 31.4 Å². The predicted octanol–water partition coefficient (Wildman–Crippen LogP) is 2.69. The molecule has 1 saturated heterocycles. The molecule has 0 spiro atoms. The number of methoxy groups -OCH3 is 1. The van der Waals surface area contributed by atoms with E-state index in [1.54, 1.807) is 24.5 Å². The highest BCUT2D eigenvalue weighted by Crippen LogP contribution is 2.25. The predicted molar refractivity (Wildman–Crippen MR) is 124 cm³/mol. The summed E-state index contributed by atoms with van der Waals surface area (Å²) in [5.41, 5.74) is 1.59. The van der Waals surface area contributed by atoms with Crippen LogP contribution in [0.1, 0.15) is 25.7 Å². The summed E-state index contributed by atoms with van der Waals surface area (Å²) < 4.78 is 6.64. The van der Waals surface area contributed by atoms with Crippen molar-refractivity contribution in [3.05, 3.63) is 59.4 Å². The second-order valence-electron chi connectivity index (χ2n) is 8.25. The summed E-state index contributed by atoms with van der Waals surface area (Å²) in [7, 11) is 1.49. The molecule has 5 rings (SSSR count). The summed E-state index contributed by atoms with van der Waals surface area (Å²) >= 11 is 0. The van der Waals surface area contributed by atoms with Crippen molar-refractivity contribution in [1.82, 2.24) is 19.5 Å². The van der Waals surface area contributed by atoms with Crippen LogP contribution in [0.15, 0.2) is 53.8 Å². The van der Waals surface area contributed by atoms with Gasteiger partial charge in [-0.15, -0.1) is 0 Å². The standard InChI is InChI=1S/C23H27N7O2/c1-32-20-4-2-11-30(22(20)31)18-7-8-21(24-13-18)27-16-5-6-17(12-16)28-23-25-14-19(15-26-23)29-9-3-10-29/h2,4,7-8,11,13-17H,3,5-6,9-10,12H2,1H3,(H,24,27)(H,25,26,28)/t16-,17-/m0/s1. The fourth-order valence-corrected chi connectivity index (χ4v) is 4.22. The zero-order valence-electron chi connectivity index (χ0n) is 18.1. The molecule has 1 saturated carbocycles. The SMILES string of the molecule is COc1cccn(-c2ccc(N[C@H]3CC[C@H](Nc4ncc(N5CCC5)cn4)C3)nc2)c1=O. The van der Waals surface area contributed by atoms with Crippen LogP contribution < -0.4 is 25.8 Å². The van der Waals surface area contributed by atoms with Crippen molar-refractivity contribution in [2.75, 3.05) is 35.7 Å². The van der Waals surface area contributed by atoms with Crippen LogP contribution in [0, 0.1) is 0 Å². The summed E-state index contributed by atoms with van der Waals surface area (Å²) in [5, 5.41) is 6.96. The molecule has 32 heavy (non-hydrogen) atoms. The Morgan fingerprint density at radius 1 is 0.969 bits per heavy atom. The molecular weight excluding hydrogens is 406 g/mol. The van der Waals surface area contributed by atoms with Crippen molar-refractivity contribution in [3.8, 4) is 11.4 Å². The van der Waals surface area contributed by atoms with E-state index >= 15 is 0 Å². The quantitative estimate of drug-likeness (QED) is 0.587. The van der Waals surface area contributed by atoms with E-state index in [-0.39, 0.29) is 5.56 Å². The average molecular weight is 434 g/mol. The molecule has 166 valence electrons. The first-order chi connectivity index (χ1) is 15.7. The first-order valence-corrected chi connectivity index (χ1v) is 11.0. The number of rotatable bonds is 7. The van der Waals surface area contributed by atoms with Crippen LogP contribution in [0.25, 0.3) is 5.69 Å². The molecule has 3 aromatic rings. The van der Waals surface area contributed by atoms with Crippen molar-refractivity contribution in [2.24, 2.45) is 0 Å². The van der Waals surface area contributed by atoms with Gasteiger partial charge in [0.2, 0.25) is 5.95 Å². The second kappa shape index (κ2) is 8.86. The smallest absolute Gasteiger partial charge is 0.297 e. The van der Waals surface area contributed by atoms with Crippen LogP contribution in [-0.2, 0) is 0 Å². The summed E-state index contributed by atoms with van der Waals surface area (Å²) in [6.07, 6.45) is 11.5. The van der Waals surface area contributed by atoms with E-state index in [4.69, 9.17) is 4.74 Å². The zero-order chi connectivity index (χ0) is 21.9. The maximum absolute atomic E-state index is 12.4. The van der Waals surface area contributed by atoms with Gasteiger partial charge < -0.3 is 20.3 Å². The Balaban J connectivity index is 1.16. The number of ether oxygens (including phenoxy) is 1. The molecule has 0 unspecified atom stereocenters. The number of hydrogen-bond donors (Lipinski definition) is 2. The summed E-state index contributed by atoms with van der Waals surface area (Å²) in [4.78, 5) is 28.1. The number of aromatic nitrogens is 4. The van der Waals surface area contributed by atoms with E-state index in [0.29, 0.717) is 29.5 Å². The van der Waals surface area contributed by atoms with Gasteiger partial charge in [0.05, 0.1) is 37.1 Å². The van der Waals surface area contributed by atoms with Crippen molar-refractivity contribution in [3.63, 3.8) is 0 Å². The van der Waals surface area contributed by atoms with E-state index in [2.05, 4.69) is 30.5 Å². The molecule has 2 fully saturated rings. The van der Waals surface area contributed by atoms with Gasteiger partial charge in [0.15, 0.2) is 5.75 Å². The van der Waals surface area contributed by atoms with Gasteiger partial charge in [-0.3, -0.25) is 9.36 Å². The van der Waals surface area contributed by atoms with Crippen LogP contribution in [0.2, 0.25) is 0 Å². The highest BCUT2D eigenvalue weighted by molar-refractivity contribution is 5.47. The van der Waals surface area contributed by atoms with Gasteiger partial charge in [-0.2, -0.15) is 0 Å². The van der Waals surface area contributed by atoms with Gasteiger partial charge in [0.25, 0.3) is 5.56 Å². The van der Waals surface area contributed by atoms with E-state index in [1.807, 2.05) is 24.5 Å². The first kappa shape index (κ1) is 20.3. The largest absolute Gasteiger partial charge is 0.491 e. The Hall–Kier alpha value is -3.62. The molecule has 0 radical (unpaired) electrons. The molecule has 9 nitrogen and oxygen atoms in total. The lowest BCUT2D eigenvalue weighted by Gasteiger charge is -2.32. The van der Waals surface area contributed by atoms with Crippen molar-refractivity contribution >= 4 is 17.5 Å². The third kappa shape index (κ3) is 4.23. The Bertz CT molecular complexity index is 1110. The lowest BCUT2D eigenvalue weighted by molar-refractivity contribution is 0.406. The molecule has 1 aliphatic heterocycles. The molecule has 2 atom stereocenters. The Kier molecular flexibility index (Phi) is 5.62. The Labute approximate surface area is 186 Å². The number of hydrogen-bond acceptors (Lipinski definition) is 8. The maximum atomic E-state index is 12.4. The van der Waals surface area contributed by atoms with Gasteiger partial charge in [-0.1, -0.05) is 0 Å². The molecule has 9 heteroatoms. The second-order valence-corrected chi connectivity index (χ2v) is 8.25. The van der Waals surface area contributed by atoms with Crippen LogP contribution in [-0.4, -0.2) is 51.8 Å². The Morgan fingerprint density at radius 3 is 2.38 bits per heavy atom. The molecule has 4 heterocycles. The fourth-order valence-electron chi connectivity index (χ4n) is 4.22. The minimum absolute atomic E-state index is 0.206. The van der Waals surface area contributed by atoms with E-state index in [0.717, 1.165) is 43.9 Å². The van der Waals surface area contributed by atoms with Gasteiger partial charge in [0.1, 0.15) is 5.82 Å². The van der Waals surface area contributed by atoms with E-state index in [9.17, 15) is 4.79 Å². The first-order valence-electron chi connectivity index (χ1n) is 11.0. The molecule has 0 aromatic carbocycles. The molecule has 0 amide bonds. The van der Waals surface area contributed by atoms with Crippen LogP contribution in [0.3, 0.4) is 0 Å². The number of pyridine rings is 2. The molecular formula is C23H27N7O2. The normalized spacial score (nSPS) is 20.0. The van der Waals surface area contributed by atoms with E-state index in [1.165, 1.54) is 18.1 Å². The molecule has 1 aliphatic carbocycles. The van der Waals surface area contributed by atoms with E-state index < -0.39 is 0 Å².